The van der Waals surface area contributed by atoms with Gasteiger partial charge in [0.05, 0.1) is 15.7 Å². The molecule has 0 heterocycles. The Bertz CT molecular complexity index is 313. The Hall–Kier alpha value is -0.470. The van der Waals surface area contributed by atoms with Gasteiger partial charge in [0.25, 0.3) is 0 Å². The molecule has 0 aromatic heterocycles. The first kappa shape index (κ1) is 10.6. The lowest BCUT2D eigenvalue weighted by molar-refractivity contribution is 0.628. The highest BCUT2D eigenvalue weighted by Crippen LogP contribution is 2.28. The van der Waals surface area contributed by atoms with E-state index in [-0.39, 0.29) is 11.1 Å². The molecule has 1 N–H and O–H groups in total. The number of benzene rings is 1. The second-order valence-electron chi connectivity index (χ2n) is 3.05. The van der Waals surface area contributed by atoms with Gasteiger partial charge in [0.15, 0.2) is 0 Å². The molecule has 0 spiro atoms. The summed E-state index contributed by atoms with van der Waals surface area (Å²) in [5.74, 6) is -0.464. The van der Waals surface area contributed by atoms with Crippen molar-refractivity contribution >= 4 is 28.9 Å². The van der Waals surface area contributed by atoms with Gasteiger partial charge in [-0.05, 0) is 19.9 Å². The van der Waals surface area contributed by atoms with Gasteiger partial charge in [-0.1, -0.05) is 23.2 Å². The summed E-state index contributed by atoms with van der Waals surface area (Å²) in [4.78, 5) is 0. The van der Waals surface area contributed by atoms with Gasteiger partial charge >= 0.3 is 0 Å². The SMILES string of the molecule is CC(C)Nc1cc(F)c(Cl)cc1Cl. The van der Waals surface area contributed by atoms with Gasteiger partial charge in [-0.25, -0.2) is 4.39 Å². The largest absolute Gasteiger partial charge is 0.382 e. The van der Waals surface area contributed by atoms with Crippen molar-refractivity contribution in [2.24, 2.45) is 0 Å². The molecular weight excluding hydrogens is 212 g/mol. The fourth-order valence-electron chi connectivity index (χ4n) is 0.944. The Morgan fingerprint density at radius 1 is 1.23 bits per heavy atom. The molecule has 0 fully saturated rings. The first-order valence-electron chi connectivity index (χ1n) is 3.92. The van der Waals surface area contributed by atoms with E-state index in [1.807, 2.05) is 13.8 Å². The summed E-state index contributed by atoms with van der Waals surface area (Å²) in [5, 5.41) is 3.48. The van der Waals surface area contributed by atoms with Crippen molar-refractivity contribution in [1.29, 1.82) is 0 Å². The Kier molecular flexibility index (Phi) is 3.40. The van der Waals surface area contributed by atoms with Crippen molar-refractivity contribution in [2.45, 2.75) is 19.9 Å². The summed E-state index contributed by atoms with van der Waals surface area (Å²) in [7, 11) is 0. The van der Waals surface area contributed by atoms with Crippen molar-refractivity contribution in [3.05, 3.63) is 28.0 Å². The Morgan fingerprint density at radius 2 is 1.85 bits per heavy atom. The van der Waals surface area contributed by atoms with E-state index in [9.17, 15) is 4.39 Å². The van der Waals surface area contributed by atoms with Crippen LogP contribution in [0.15, 0.2) is 12.1 Å². The molecule has 1 aromatic rings. The zero-order valence-electron chi connectivity index (χ0n) is 7.37. The van der Waals surface area contributed by atoms with Crippen molar-refractivity contribution in [3.8, 4) is 0 Å². The van der Waals surface area contributed by atoms with Gasteiger partial charge < -0.3 is 5.32 Å². The Labute approximate surface area is 86.8 Å². The first-order valence-corrected chi connectivity index (χ1v) is 4.67. The number of hydrogen-bond acceptors (Lipinski definition) is 1. The number of halogens is 3. The van der Waals surface area contributed by atoms with Crippen LogP contribution in [0, 0.1) is 5.82 Å². The third-order valence-corrected chi connectivity index (χ3v) is 2.06. The number of hydrogen-bond donors (Lipinski definition) is 1. The van der Waals surface area contributed by atoms with E-state index < -0.39 is 5.82 Å². The smallest absolute Gasteiger partial charge is 0.143 e. The summed E-state index contributed by atoms with van der Waals surface area (Å²) >= 11 is 11.4. The second-order valence-corrected chi connectivity index (χ2v) is 3.86. The third kappa shape index (κ3) is 2.75. The average Bonchev–Trinajstić information content (AvgIpc) is 1.99. The summed E-state index contributed by atoms with van der Waals surface area (Å²) in [6.07, 6.45) is 0. The first-order chi connectivity index (χ1) is 6.00. The zero-order valence-corrected chi connectivity index (χ0v) is 8.88. The molecule has 0 saturated carbocycles. The van der Waals surface area contributed by atoms with E-state index in [0.29, 0.717) is 10.7 Å². The molecule has 0 amide bonds. The van der Waals surface area contributed by atoms with Crippen molar-refractivity contribution in [3.63, 3.8) is 0 Å². The highest BCUT2D eigenvalue weighted by Gasteiger charge is 2.07. The quantitative estimate of drug-likeness (QED) is 0.747. The second kappa shape index (κ2) is 4.16. The van der Waals surface area contributed by atoms with Crippen LogP contribution < -0.4 is 5.32 Å². The maximum atomic E-state index is 13.0. The highest BCUT2D eigenvalue weighted by molar-refractivity contribution is 6.36. The van der Waals surface area contributed by atoms with E-state index in [0.717, 1.165) is 0 Å². The summed E-state index contributed by atoms with van der Waals surface area (Å²) in [6.45, 7) is 3.89. The minimum absolute atomic E-state index is 0.0410. The molecule has 0 aliphatic carbocycles. The van der Waals surface area contributed by atoms with Gasteiger partial charge in [-0.2, -0.15) is 0 Å². The van der Waals surface area contributed by atoms with Gasteiger partial charge in [0.2, 0.25) is 0 Å². The molecule has 0 unspecified atom stereocenters. The van der Waals surface area contributed by atoms with Gasteiger partial charge in [0, 0.05) is 12.1 Å². The monoisotopic (exact) mass is 221 g/mol. The zero-order chi connectivity index (χ0) is 10.0. The summed E-state index contributed by atoms with van der Waals surface area (Å²) < 4.78 is 13.0. The fourth-order valence-corrected chi connectivity index (χ4v) is 1.38. The predicted molar refractivity (Wildman–Crippen MR) is 55.2 cm³/mol. The molecule has 0 atom stereocenters. The van der Waals surface area contributed by atoms with Crippen molar-refractivity contribution < 1.29 is 4.39 Å². The maximum Gasteiger partial charge on any atom is 0.143 e. The van der Waals surface area contributed by atoms with Crippen LogP contribution in [-0.4, -0.2) is 6.04 Å². The number of nitrogens with one attached hydrogen (secondary N) is 1. The van der Waals surface area contributed by atoms with Crippen LogP contribution in [0.25, 0.3) is 0 Å². The highest BCUT2D eigenvalue weighted by atomic mass is 35.5. The molecule has 1 aromatic carbocycles. The van der Waals surface area contributed by atoms with Crippen LogP contribution in [0.2, 0.25) is 10.0 Å². The van der Waals surface area contributed by atoms with Crippen LogP contribution in [0.5, 0.6) is 0 Å². The van der Waals surface area contributed by atoms with Crippen LogP contribution in [0.3, 0.4) is 0 Å². The lowest BCUT2D eigenvalue weighted by Crippen LogP contribution is -2.10. The molecule has 0 radical (unpaired) electrons. The van der Waals surface area contributed by atoms with E-state index in [2.05, 4.69) is 5.32 Å². The summed E-state index contributed by atoms with van der Waals surface area (Å²) in [5.41, 5.74) is 0.568. The van der Waals surface area contributed by atoms with Crippen molar-refractivity contribution in [2.75, 3.05) is 5.32 Å². The minimum atomic E-state index is -0.464. The van der Waals surface area contributed by atoms with E-state index in [1.165, 1.54) is 12.1 Å². The average molecular weight is 222 g/mol. The molecule has 1 nitrogen and oxygen atoms in total. The maximum absolute atomic E-state index is 13.0. The van der Waals surface area contributed by atoms with Gasteiger partial charge in [-0.15, -0.1) is 0 Å². The molecule has 0 aliphatic rings. The topological polar surface area (TPSA) is 12.0 Å². The number of rotatable bonds is 2. The molecule has 4 heteroatoms. The number of anilines is 1. The minimum Gasteiger partial charge on any atom is -0.382 e. The normalized spacial score (nSPS) is 10.6. The van der Waals surface area contributed by atoms with Gasteiger partial charge in [-0.3, -0.25) is 0 Å². The standard InChI is InChI=1S/C9H10Cl2FN/c1-5(2)13-9-4-8(12)6(10)3-7(9)11/h3-5,13H,1-2H3. The van der Waals surface area contributed by atoms with E-state index in [4.69, 9.17) is 23.2 Å². The van der Waals surface area contributed by atoms with Gasteiger partial charge in [0.1, 0.15) is 5.82 Å². The molecule has 1 rings (SSSR count). The Balaban J connectivity index is 3.01. The van der Waals surface area contributed by atoms with Crippen LogP contribution >= 0.6 is 23.2 Å². The molecule has 0 bridgehead atoms. The lowest BCUT2D eigenvalue weighted by Gasteiger charge is -2.11. The lowest BCUT2D eigenvalue weighted by atomic mass is 10.2. The van der Waals surface area contributed by atoms with Crippen LogP contribution in [0.1, 0.15) is 13.8 Å². The van der Waals surface area contributed by atoms with Crippen LogP contribution in [0.4, 0.5) is 10.1 Å². The Morgan fingerprint density at radius 3 is 2.38 bits per heavy atom. The molecular formula is C9H10Cl2FN. The predicted octanol–water partition coefficient (Wildman–Crippen LogP) is 3.95. The van der Waals surface area contributed by atoms with E-state index in [1.54, 1.807) is 0 Å². The molecule has 13 heavy (non-hydrogen) atoms. The molecule has 0 aliphatic heterocycles. The molecule has 72 valence electrons. The van der Waals surface area contributed by atoms with Crippen molar-refractivity contribution in [1.82, 2.24) is 0 Å². The third-order valence-electron chi connectivity index (χ3n) is 1.45. The summed E-state index contributed by atoms with van der Waals surface area (Å²) in [6, 6.07) is 2.89. The van der Waals surface area contributed by atoms with Crippen LogP contribution in [-0.2, 0) is 0 Å². The fraction of sp³-hybridized carbons (Fsp3) is 0.333. The van der Waals surface area contributed by atoms with E-state index >= 15 is 0 Å². The molecule has 0 saturated heterocycles.